The summed E-state index contributed by atoms with van der Waals surface area (Å²) in [4.78, 5) is 38.4. The van der Waals surface area contributed by atoms with Crippen molar-refractivity contribution in [2.45, 2.75) is 33.8 Å². The van der Waals surface area contributed by atoms with Crippen molar-refractivity contribution >= 4 is 52.2 Å². The van der Waals surface area contributed by atoms with Crippen LogP contribution in [0.3, 0.4) is 0 Å². The number of aryl methyl sites for hydroxylation is 1. The number of anilines is 1. The van der Waals surface area contributed by atoms with E-state index < -0.39 is 24.4 Å². The standard InChI is InChI=1S/C24H26IN3O5/c1-5-32-20-12-16(10-18(25)22(20)33-14(2)3)11-19-23(30)28(24(31)27-19)13-21(29)26-17-8-6-15(4)7-9-17/h6-12,14H,5,13H2,1-4H3,(H,26,29)(H,27,31)/b19-11+. The van der Waals surface area contributed by atoms with Crippen LogP contribution in [0, 0.1) is 10.5 Å². The third-order valence-electron chi connectivity index (χ3n) is 4.60. The van der Waals surface area contributed by atoms with Gasteiger partial charge in [0.1, 0.15) is 12.2 Å². The predicted molar refractivity (Wildman–Crippen MR) is 134 cm³/mol. The Morgan fingerprint density at radius 2 is 1.91 bits per heavy atom. The number of carbonyl (C=O) groups is 3. The van der Waals surface area contributed by atoms with Crippen molar-refractivity contribution in [3.63, 3.8) is 0 Å². The number of halogens is 1. The smallest absolute Gasteiger partial charge is 0.329 e. The van der Waals surface area contributed by atoms with Crippen molar-refractivity contribution in [2.75, 3.05) is 18.5 Å². The molecule has 8 nitrogen and oxygen atoms in total. The molecular formula is C24H26IN3O5. The Bertz CT molecular complexity index is 1100. The number of benzene rings is 2. The molecule has 33 heavy (non-hydrogen) atoms. The van der Waals surface area contributed by atoms with Crippen molar-refractivity contribution in [2.24, 2.45) is 0 Å². The molecule has 2 aromatic rings. The number of urea groups is 1. The second kappa shape index (κ2) is 10.7. The van der Waals surface area contributed by atoms with E-state index in [9.17, 15) is 14.4 Å². The maximum atomic E-state index is 12.8. The van der Waals surface area contributed by atoms with Crippen LogP contribution >= 0.6 is 22.6 Å². The highest BCUT2D eigenvalue weighted by Crippen LogP contribution is 2.35. The third-order valence-corrected chi connectivity index (χ3v) is 5.40. The lowest BCUT2D eigenvalue weighted by Gasteiger charge is -2.17. The number of nitrogens with zero attached hydrogens (tertiary/aromatic N) is 1. The van der Waals surface area contributed by atoms with Gasteiger partial charge in [-0.2, -0.15) is 0 Å². The summed E-state index contributed by atoms with van der Waals surface area (Å²) < 4.78 is 12.4. The zero-order valence-corrected chi connectivity index (χ0v) is 21.1. The van der Waals surface area contributed by atoms with E-state index in [4.69, 9.17) is 9.47 Å². The van der Waals surface area contributed by atoms with Crippen molar-refractivity contribution in [1.82, 2.24) is 10.2 Å². The first-order valence-electron chi connectivity index (χ1n) is 10.5. The van der Waals surface area contributed by atoms with E-state index in [2.05, 4.69) is 33.2 Å². The molecule has 1 aliphatic heterocycles. The number of amides is 4. The maximum Gasteiger partial charge on any atom is 0.329 e. The molecular weight excluding hydrogens is 537 g/mol. The number of hydrogen-bond acceptors (Lipinski definition) is 5. The highest BCUT2D eigenvalue weighted by atomic mass is 127. The molecule has 1 saturated heterocycles. The van der Waals surface area contributed by atoms with Gasteiger partial charge in [0.05, 0.1) is 16.3 Å². The van der Waals surface area contributed by atoms with Crippen LogP contribution in [-0.4, -0.2) is 42.0 Å². The van der Waals surface area contributed by atoms with Gasteiger partial charge in [-0.05, 0) is 86.2 Å². The molecule has 0 radical (unpaired) electrons. The first kappa shape index (κ1) is 24.6. The molecule has 0 saturated carbocycles. The summed E-state index contributed by atoms with van der Waals surface area (Å²) in [7, 11) is 0. The molecule has 1 heterocycles. The Morgan fingerprint density at radius 1 is 1.21 bits per heavy atom. The Hall–Kier alpha value is -3.08. The van der Waals surface area contributed by atoms with Gasteiger partial charge in [0, 0.05) is 5.69 Å². The van der Waals surface area contributed by atoms with Gasteiger partial charge < -0.3 is 20.1 Å². The molecule has 2 N–H and O–H groups in total. The number of carbonyl (C=O) groups excluding carboxylic acids is 3. The van der Waals surface area contributed by atoms with E-state index in [1.54, 1.807) is 24.3 Å². The van der Waals surface area contributed by atoms with Gasteiger partial charge in [0.2, 0.25) is 5.91 Å². The summed E-state index contributed by atoms with van der Waals surface area (Å²) in [5, 5.41) is 5.23. The summed E-state index contributed by atoms with van der Waals surface area (Å²) in [5.74, 6) is 0.142. The van der Waals surface area contributed by atoms with E-state index in [1.165, 1.54) is 0 Å². The average Bonchev–Trinajstić information content (AvgIpc) is 2.99. The molecule has 2 aromatic carbocycles. The maximum absolute atomic E-state index is 12.8. The fourth-order valence-corrected chi connectivity index (χ4v) is 3.90. The quantitative estimate of drug-likeness (QED) is 0.284. The molecule has 0 spiro atoms. The van der Waals surface area contributed by atoms with Crippen LogP contribution in [-0.2, 0) is 9.59 Å². The fraction of sp³-hybridized carbons (Fsp3) is 0.292. The Kier molecular flexibility index (Phi) is 7.96. The first-order valence-corrected chi connectivity index (χ1v) is 11.6. The SMILES string of the molecule is CCOc1cc(/C=C2/NC(=O)N(CC(=O)Nc3ccc(C)cc3)C2=O)cc(I)c1OC(C)C. The minimum Gasteiger partial charge on any atom is -0.490 e. The fourth-order valence-electron chi connectivity index (χ4n) is 3.15. The molecule has 9 heteroatoms. The number of nitrogens with one attached hydrogen (secondary N) is 2. The van der Waals surface area contributed by atoms with Crippen LogP contribution in [0.5, 0.6) is 11.5 Å². The van der Waals surface area contributed by atoms with Crippen LogP contribution in [0.25, 0.3) is 6.08 Å². The largest absolute Gasteiger partial charge is 0.490 e. The zero-order chi connectivity index (χ0) is 24.1. The van der Waals surface area contributed by atoms with Crippen LogP contribution in [0.4, 0.5) is 10.5 Å². The Morgan fingerprint density at radius 3 is 2.55 bits per heavy atom. The molecule has 1 fully saturated rings. The van der Waals surface area contributed by atoms with Gasteiger partial charge in [0.25, 0.3) is 5.91 Å². The third kappa shape index (κ3) is 6.25. The predicted octanol–water partition coefficient (Wildman–Crippen LogP) is 4.32. The normalized spacial score (nSPS) is 14.6. The van der Waals surface area contributed by atoms with Crippen molar-refractivity contribution in [3.05, 3.63) is 56.8 Å². The van der Waals surface area contributed by atoms with Crippen molar-refractivity contribution in [3.8, 4) is 11.5 Å². The van der Waals surface area contributed by atoms with Crippen LogP contribution < -0.4 is 20.1 Å². The Labute approximate surface area is 206 Å². The van der Waals surface area contributed by atoms with E-state index in [0.29, 0.717) is 29.4 Å². The summed E-state index contributed by atoms with van der Waals surface area (Å²) in [5.41, 5.74) is 2.39. The van der Waals surface area contributed by atoms with Crippen LogP contribution in [0.1, 0.15) is 31.9 Å². The summed E-state index contributed by atoms with van der Waals surface area (Å²) >= 11 is 2.14. The second-order valence-electron chi connectivity index (χ2n) is 7.72. The molecule has 0 bridgehead atoms. The molecule has 0 aromatic heterocycles. The van der Waals surface area contributed by atoms with E-state index >= 15 is 0 Å². The minimum atomic E-state index is -0.648. The molecule has 0 unspecified atom stereocenters. The number of ether oxygens (including phenoxy) is 2. The Balaban J connectivity index is 1.77. The molecule has 0 atom stereocenters. The van der Waals surface area contributed by atoms with Gasteiger partial charge in [-0.25, -0.2) is 9.69 Å². The van der Waals surface area contributed by atoms with E-state index in [0.717, 1.165) is 14.0 Å². The van der Waals surface area contributed by atoms with Crippen molar-refractivity contribution < 1.29 is 23.9 Å². The van der Waals surface area contributed by atoms with Crippen LogP contribution in [0.2, 0.25) is 0 Å². The number of imide groups is 1. The lowest BCUT2D eigenvalue weighted by atomic mass is 10.1. The number of rotatable bonds is 8. The van der Waals surface area contributed by atoms with Crippen LogP contribution in [0.15, 0.2) is 42.1 Å². The first-order chi connectivity index (χ1) is 15.7. The van der Waals surface area contributed by atoms with Gasteiger partial charge in [0.15, 0.2) is 11.5 Å². The molecule has 0 aliphatic carbocycles. The zero-order valence-electron chi connectivity index (χ0n) is 18.9. The monoisotopic (exact) mass is 563 g/mol. The topological polar surface area (TPSA) is 97.0 Å². The molecule has 174 valence electrons. The van der Waals surface area contributed by atoms with Gasteiger partial charge in [-0.1, -0.05) is 17.7 Å². The number of hydrogen-bond donors (Lipinski definition) is 2. The van der Waals surface area contributed by atoms with Crippen molar-refractivity contribution in [1.29, 1.82) is 0 Å². The molecule has 1 aliphatic rings. The lowest BCUT2D eigenvalue weighted by Crippen LogP contribution is -2.38. The van der Waals surface area contributed by atoms with Gasteiger partial charge >= 0.3 is 6.03 Å². The van der Waals surface area contributed by atoms with E-state index in [1.807, 2.05) is 45.9 Å². The highest BCUT2D eigenvalue weighted by molar-refractivity contribution is 14.1. The highest BCUT2D eigenvalue weighted by Gasteiger charge is 2.35. The summed E-state index contributed by atoms with van der Waals surface area (Å²) in [6.45, 7) is 7.73. The summed E-state index contributed by atoms with van der Waals surface area (Å²) in [6.07, 6.45) is 1.53. The average molecular weight is 563 g/mol. The lowest BCUT2D eigenvalue weighted by molar-refractivity contribution is -0.127. The second-order valence-corrected chi connectivity index (χ2v) is 8.89. The minimum absolute atomic E-state index is 0.0303. The summed E-state index contributed by atoms with van der Waals surface area (Å²) in [6, 6.07) is 10.2. The van der Waals surface area contributed by atoms with Gasteiger partial charge in [-0.15, -0.1) is 0 Å². The molecule has 4 amide bonds. The van der Waals surface area contributed by atoms with Gasteiger partial charge in [-0.3, -0.25) is 9.59 Å². The molecule has 3 rings (SSSR count). The van der Waals surface area contributed by atoms with E-state index in [-0.39, 0.29) is 11.8 Å².